The number of ether oxygens (including phenoxy) is 1. The van der Waals surface area contributed by atoms with E-state index in [0.29, 0.717) is 0 Å². The van der Waals surface area contributed by atoms with Crippen LogP contribution < -0.4 is 10.5 Å². The summed E-state index contributed by atoms with van der Waals surface area (Å²) in [6, 6.07) is 18.4. The first-order valence-electron chi connectivity index (χ1n) is 7.11. The predicted molar refractivity (Wildman–Crippen MR) is 87.4 cm³/mol. The van der Waals surface area contributed by atoms with Crippen molar-refractivity contribution in [1.29, 1.82) is 0 Å². The van der Waals surface area contributed by atoms with Gasteiger partial charge in [-0.25, -0.2) is 0 Å². The molecule has 0 spiro atoms. The third kappa shape index (κ3) is 3.26. The van der Waals surface area contributed by atoms with E-state index >= 15 is 0 Å². The Kier molecular flexibility index (Phi) is 4.66. The number of rotatable bonds is 5. The Labute approximate surface area is 127 Å². The highest BCUT2D eigenvalue weighted by Gasteiger charge is 2.35. The maximum absolute atomic E-state index is 6.74. The molecule has 2 atom stereocenters. The van der Waals surface area contributed by atoms with Crippen LogP contribution in [0.5, 0.6) is 5.75 Å². The molecule has 0 fully saturated rings. The van der Waals surface area contributed by atoms with Gasteiger partial charge < -0.3 is 15.4 Å². The zero-order valence-corrected chi connectivity index (χ0v) is 13.2. The van der Waals surface area contributed by atoms with E-state index in [-0.39, 0.29) is 6.04 Å². The molecule has 0 aliphatic heterocycles. The molecule has 0 radical (unpaired) electrons. The van der Waals surface area contributed by atoms with Gasteiger partial charge >= 0.3 is 0 Å². The van der Waals surface area contributed by atoms with Crippen LogP contribution in [0, 0.1) is 0 Å². The van der Waals surface area contributed by atoms with Crippen molar-refractivity contribution in [2.45, 2.75) is 18.5 Å². The normalized spacial score (nSPS) is 15.5. The number of likely N-dealkylation sites (N-methyl/N-ethyl adjacent to an activating group) is 1. The molecule has 112 valence electrons. The van der Waals surface area contributed by atoms with Crippen molar-refractivity contribution in [3.05, 3.63) is 65.7 Å². The van der Waals surface area contributed by atoms with Crippen molar-refractivity contribution in [2.75, 3.05) is 21.2 Å². The Morgan fingerprint density at radius 2 is 1.71 bits per heavy atom. The molecule has 21 heavy (non-hydrogen) atoms. The summed E-state index contributed by atoms with van der Waals surface area (Å²) in [4.78, 5) is 2.16. The van der Waals surface area contributed by atoms with Gasteiger partial charge in [-0.2, -0.15) is 0 Å². The number of benzene rings is 2. The summed E-state index contributed by atoms with van der Waals surface area (Å²) in [5, 5.41) is 0. The second-order valence-corrected chi connectivity index (χ2v) is 5.79. The minimum absolute atomic E-state index is 0.0748. The van der Waals surface area contributed by atoms with E-state index in [4.69, 9.17) is 10.5 Å². The number of hydrogen-bond acceptors (Lipinski definition) is 3. The van der Waals surface area contributed by atoms with Gasteiger partial charge in [0.25, 0.3) is 0 Å². The molecule has 2 N–H and O–H groups in total. The third-order valence-corrected chi connectivity index (χ3v) is 3.89. The number of nitrogens with zero attached hydrogens (tertiary/aromatic N) is 1. The second kappa shape index (κ2) is 6.29. The molecule has 2 aromatic carbocycles. The molecule has 0 bridgehead atoms. The first-order chi connectivity index (χ1) is 9.96. The lowest BCUT2D eigenvalue weighted by atomic mass is 9.81. The van der Waals surface area contributed by atoms with E-state index in [9.17, 15) is 0 Å². The first kappa shape index (κ1) is 15.5. The summed E-state index contributed by atoms with van der Waals surface area (Å²) in [5.74, 6) is 0.828. The fourth-order valence-electron chi connectivity index (χ4n) is 2.93. The van der Waals surface area contributed by atoms with Gasteiger partial charge in [0, 0.05) is 0 Å². The number of methoxy groups -OCH3 is 1. The van der Waals surface area contributed by atoms with Crippen LogP contribution in [0.1, 0.15) is 24.1 Å². The topological polar surface area (TPSA) is 38.5 Å². The Morgan fingerprint density at radius 1 is 1.05 bits per heavy atom. The van der Waals surface area contributed by atoms with Crippen molar-refractivity contribution < 1.29 is 4.74 Å². The lowest BCUT2D eigenvalue weighted by molar-refractivity contribution is 0.191. The third-order valence-electron chi connectivity index (χ3n) is 3.89. The summed E-state index contributed by atoms with van der Waals surface area (Å²) in [5.41, 5.74) is 8.48. The molecule has 0 saturated carbocycles. The smallest absolute Gasteiger partial charge is 0.119 e. The van der Waals surface area contributed by atoms with E-state index in [1.54, 1.807) is 7.11 Å². The van der Waals surface area contributed by atoms with E-state index in [2.05, 4.69) is 44.1 Å². The Balaban J connectivity index is 2.47. The number of hydrogen-bond donors (Lipinski definition) is 1. The fourth-order valence-corrected chi connectivity index (χ4v) is 2.93. The maximum Gasteiger partial charge on any atom is 0.119 e. The summed E-state index contributed by atoms with van der Waals surface area (Å²) < 4.78 is 5.33. The molecule has 3 heteroatoms. The van der Waals surface area contributed by atoms with Gasteiger partial charge in [-0.05, 0) is 44.3 Å². The highest BCUT2D eigenvalue weighted by molar-refractivity contribution is 5.36. The molecule has 2 rings (SSSR count). The van der Waals surface area contributed by atoms with Crippen LogP contribution in [0.3, 0.4) is 0 Å². The van der Waals surface area contributed by atoms with Crippen molar-refractivity contribution in [3.8, 4) is 5.75 Å². The average molecular weight is 284 g/mol. The second-order valence-electron chi connectivity index (χ2n) is 5.79. The van der Waals surface area contributed by atoms with E-state index in [1.165, 1.54) is 5.56 Å². The van der Waals surface area contributed by atoms with Gasteiger partial charge in [-0.3, -0.25) is 0 Å². The summed E-state index contributed by atoms with van der Waals surface area (Å²) in [6.45, 7) is 2.07. The molecular formula is C18H24N2O. The zero-order valence-electron chi connectivity index (χ0n) is 13.2. The van der Waals surface area contributed by atoms with Crippen molar-refractivity contribution >= 4 is 0 Å². The molecule has 2 unspecified atom stereocenters. The van der Waals surface area contributed by atoms with Crippen LogP contribution in [-0.4, -0.2) is 26.1 Å². The van der Waals surface area contributed by atoms with Crippen LogP contribution in [0.25, 0.3) is 0 Å². The Morgan fingerprint density at radius 3 is 2.29 bits per heavy atom. The van der Waals surface area contributed by atoms with Crippen LogP contribution >= 0.6 is 0 Å². The molecule has 2 aromatic rings. The number of nitrogens with two attached hydrogens (primary N) is 1. The van der Waals surface area contributed by atoms with Gasteiger partial charge in [0.15, 0.2) is 0 Å². The van der Waals surface area contributed by atoms with Crippen LogP contribution in [0.4, 0.5) is 0 Å². The standard InChI is InChI=1S/C18H24N2O/c1-18(19,15-11-8-12-16(13-15)21-4)17(20(2)3)14-9-6-5-7-10-14/h5-13,17H,19H2,1-4H3. The van der Waals surface area contributed by atoms with Crippen molar-refractivity contribution in [2.24, 2.45) is 5.73 Å². The minimum atomic E-state index is -0.528. The molecular weight excluding hydrogens is 260 g/mol. The van der Waals surface area contributed by atoms with Gasteiger partial charge in [0.1, 0.15) is 5.75 Å². The Hall–Kier alpha value is -1.84. The summed E-state index contributed by atoms with van der Waals surface area (Å²) >= 11 is 0. The Bertz CT molecular complexity index is 579. The van der Waals surface area contributed by atoms with Crippen LogP contribution in [0.2, 0.25) is 0 Å². The quantitative estimate of drug-likeness (QED) is 0.916. The molecule has 0 saturated heterocycles. The van der Waals surface area contributed by atoms with Gasteiger partial charge in [0.05, 0.1) is 18.7 Å². The summed E-state index contributed by atoms with van der Waals surface area (Å²) in [6.07, 6.45) is 0. The van der Waals surface area contributed by atoms with E-state index < -0.39 is 5.54 Å². The molecule has 0 aliphatic rings. The van der Waals surface area contributed by atoms with Gasteiger partial charge in [-0.1, -0.05) is 42.5 Å². The highest BCUT2D eigenvalue weighted by atomic mass is 16.5. The predicted octanol–water partition coefficient (Wildman–Crippen LogP) is 3.17. The van der Waals surface area contributed by atoms with E-state index in [0.717, 1.165) is 11.3 Å². The fraction of sp³-hybridized carbons (Fsp3) is 0.333. The van der Waals surface area contributed by atoms with Crippen LogP contribution in [0.15, 0.2) is 54.6 Å². The minimum Gasteiger partial charge on any atom is -0.497 e. The van der Waals surface area contributed by atoms with Gasteiger partial charge in [0.2, 0.25) is 0 Å². The lowest BCUT2D eigenvalue weighted by Gasteiger charge is -2.39. The molecule has 0 aromatic heterocycles. The lowest BCUT2D eigenvalue weighted by Crippen LogP contribution is -2.46. The molecule has 0 aliphatic carbocycles. The highest BCUT2D eigenvalue weighted by Crippen LogP contribution is 2.37. The van der Waals surface area contributed by atoms with Crippen molar-refractivity contribution in [1.82, 2.24) is 4.90 Å². The molecule has 3 nitrogen and oxygen atoms in total. The SMILES string of the molecule is COc1cccc(C(C)(N)C(c2ccccc2)N(C)C)c1. The van der Waals surface area contributed by atoms with Crippen molar-refractivity contribution in [3.63, 3.8) is 0 Å². The summed E-state index contributed by atoms with van der Waals surface area (Å²) in [7, 11) is 5.79. The molecule has 0 heterocycles. The maximum atomic E-state index is 6.74. The van der Waals surface area contributed by atoms with Gasteiger partial charge in [-0.15, -0.1) is 0 Å². The van der Waals surface area contributed by atoms with E-state index in [1.807, 2.05) is 36.4 Å². The zero-order chi connectivity index (χ0) is 15.5. The average Bonchev–Trinajstić information content (AvgIpc) is 2.48. The monoisotopic (exact) mass is 284 g/mol. The van der Waals surface area contributed by atoms with Crippen LogP contribution in [-0.2, 0) is 5.54 Å². The first-order valence-corrected chi connectivity index (χ1v) is 7.11. The largest absolute Gasteiger partial charge is 0.497 e. The molecule has 0 amide bonds.